The lowest BCUT2D eigenvalue weighted by atomic mass is 10.2. The van der Waals surface area contributed by atoms with E-state index in [1.807, 2.05) is 54.0 Å². The Morgan fingerprint density at radius 2 is 1.88 bits per heavy atom. The molecule has 0 bridgehead atoms. The first-order chi connectivity index (χ1) is 12.1. The predicted octanol–water partition coefficient (Wildman–Crippen LogP) is 3.00. The van der Waals surface area contributed by atoms with Gasteiger partial charge in [0.1, 0.15) is 6.54 Å². The van der Waals surface area contributed by atoms with Crippen molar-refractivity contribution in [2.75, 3.05) is 0 Å². The van der Waals surface area contributed by atoms with E-state index in [9.17, 15) is 4.79 Å². The molecule has 0 spiro atoms. The molecule has 25 heavy (non-hydrogen) atoms. The Bertz CT molecular complexity index is 1190. The van der Waals surface area contributed by atoms with Crippen LogP contribution >= 0.6 is 12.2 Å². The Morgan fingerprint density at radius 1 is 1.12 bits per heavy atom. The summed E-state index contributed by atoms with van der Waals surface area (Å²) in [5, 5.41) is 12.8. The van der Waals surface area contributed by atoms with E-state index in [1.54, 1.807) is 12.3 Å². The summed E-state index contributed by atoms with van der Waals surface area (Å²) < 4.78 is 3.73. The van der Waals surface area contributed by atoms with Gasteiger partial charge in [-0.15, -0.1) is 0 Å². The van der Waals surface area contributed by atoms with Gasteiger partial charge in [-0.05, 0) is 36.8 Å². The molecule has 124 valence electrons. The lowest BCUT2D eigenvalue weighted by molar-refractivity contribution is 0.612. The van der Waals surface area contributed by atoms with Crippen LogP contribution in [0.1, 0.15) is 11.4 Å². The number of para-hydroxylation sites is 1. The molecule has 6 nitrogen and oxygen atoms in total. The second-order valence-corrected chi connectivity index (χ2v) is 6.15. The maximum Gasteiger partial charge on any atom is 0.275 e. The molecule has 0 aliphatic rings. The number of fused-ring (bicyclic) bond motifs is 1. The number of nitrogens with zero attached hydrogens (tertiary/aromatic N) is 4. The topological polar surface area (TPSA) is 68.5 Å². The van der Waals surface area contributed by atoms with E-state index in [4.69, 9.17) is 12.2 Å². The third-order valence-corrected chi connectivity index (χ3v) is 4.43. The fourth-order valence-corrected chi connectivity index (χ4v) is 3.12. The van der Waals surface area contributed by atoms with Gasteiger partial charge in [-0.3, -0.25) is 14.5 Å². The van der Waals surface area contributed by atoms with E-state index in [0.717, 1.165) is 16.6 Å². The van der Waals surface area contributed by atoms with Crippen molar-refractivity contribution >= 4 is 23.0 Å². The first kappa shape index (κ1) is 15.5. The number of rotatable bonds is 3. The van der Waals surface area contributed by atoms with E-state index < -0.39 is 0 Å². The van der Waals surface area contributed by atoms with Gasteiger partial charge < -0.3 is 0 Å². The molecule has 4 aromatic rings. The van der Waals surface area contributed by atoms with Crippen molar-refractivity contribution in [3.8, 4) is 5.69 Å². The van der Waals surface area contributed by atoms with E-state index in [2.05, 4.69) is 15.3 Å². The van der Waals surface area contributed by atoms with E-state index in [0.29, 0.717) is 16.0 Å². The molecule has 0 atom stereocenters. The van der Waals surface area contributed by atoms with Crippen molar-refractivity contribution in [3.63, 3.8) is 0 Å². The third kappa shape index (κ3) is 2.68. The molecule has 4 rings (SSSR count). The molecule has 0 saturated carbocycles. The van der Waals surface area contributed by atoms with Crippen molar-refractivity contribution in [1.82, 2.24) is 24.5 Å². The minimum Gasteiger partial charge on any atom is -0.270 e. The average molecular weight is 349 g/mol. The molecule has 2 heterocycles. The highest BCUT2D eigenvalue weighted by Gasteiger charge is 2.13. The van der Waals surface area contributed by atoms with Crippen LogP contribution in [0.4, 0.5) is 0 Å². The number of aromatic nitrogens is 5. The number of aryl methyl sites for hydroxylation is 1. The van der Waals surface area contributed by atoms with Gasteiger partial charge in [0.05, 0.1) is 17.3 Å². The van der Waals surface area contributed by atoms with Crippen molar-refractivity contribution in [2.45, 2.75) is 13.5 Å². The second-order valence-electron chi connectivity index (χ2n) is 5.76. The van der Waals surface area contributed by atoms with Gasteiger partial charge >= 0.3 is 0 Å². The van der Waals surface area contributed by atoms with Gasteiger partial charge in [-0.1, -0.05) is 36.4 Å². The Labute approximate surface area is 148 Å². The number of aromatic amines is 1. The van der Waals surface area contributed by atoms with Gasteiger partial charge in [0, 0.05) is 5.39 Å². The second kappa shape index (κ2) is 6.10. The molecule has 7 heteroatoms. The van der Waals surface area contributed by atoms with Crippen LogP contribution in [0.15, 0.2) is 59.5 Å². The Hall–Kier alpha value is -3.06. The van der Waals surface area contributed by atoms with E-state index >= 15 is 0 Å². The fraction of sp³-hybridized carbons (Fsp3) is 0.111. The van der Waals surface area contributed by atoms with Crippen LogP contribution in [0.25, 0.3) is 16.5 Å². The average Bonchev–Trinajstić information content (AvgIpc) is 2.98. The first-order valence-corrected chi connectivity index (χ1v) is 8.23. The quantitative estimate of drug-likeness (QED) is 0.577. The molecule has 0 fully saturated rings. The van der Waals surface area contributed by atoms with Crippen molar-refractivity contribution in [3.05, 3.63) is 81.2 Å². The molecule has 1 N–H and O–H groups in total. The van der Waals surface area contributed by atoms with Gasteiger partial charge in [0.15, 0.2) is 10.6 Å². The summed E-state index contributed by atoms with van der Waals surface area (Å²) in [5.74, 6) is 0.629. The van der Waals surface area contributed by atoms with E-state index in [1.165, 1.54) is 4.68 Å². The zero-order chi connectivity index (χ0) is 17.4. The van der Waals surface area contributed by atoms with Gasteiger partial charge in [0.25, 0.3) is 5.56 Å². The molecular weight excluding hydrogens is 334 g/mol. The molecule has 0 unspecified atom stereocenters. The zero-order valence-electron chi connectivity index (χ0n) is 13.5. The van der Waals surface area contributed by atoms with Crippen LogP contribution in [0, 0.1) is 11.7 Å². The zero-order valence-corrected chi connectivity index (χ0v) is 14.3. The molecule has 0 aliphatic carbocycles. The molecule has 0 amide bonds. The number of hydrogen-bond donors (Lipinski definition) is 1. The summed E-state index contributed by atoms with van der Waals surface area (Å²) in [5.41, 5.74) is 1.86. The summed E-state index contributed by atoms with van der Waals surface area (Å²) in [7, 11) is 0. The largest absolute Gasteiger partial charge is 0.275 e. The van der Waals surface area contributed by atoms with Crippen LogP contribution in [0.2, 0.25) is 0 Å². The molecule has 0 radical (unpaired) electrons. The SMILES string of the molecule is Cc1ccccc1-n1c(Cn2ncc3ccccc3c2=O)n[nH]c1=S. The van der Waals surface area contributed by atoms with Gasteiger partial charge in [-0.2, -0.15) is 10.2 Å². The van der Waals surface area contributed by atoms with Crippen molar-refractivity contribution in [2.24, 2.45) is 0 Å². The maximum atomic E-state index is 12.7. The standard InChI is InChI=1S/C18H15N5OS/c1-12-6-2-5-9-15(12)23-16(20-21-18(23)25)11-22-17(24)14-8-4-3-7-13(14)10-19-22/h2-10H,11H2,1H3,(H,21,25). The number of benzene rings is 2. The monoisotopic (exact) mass is 349 g/mol. The summed E-state index contributed by atoms with van der Waals surface area (Å²) in [4.78, 5) is 12.7. The minimum atomic E-state index is -0.150. The Morgan fingerprint density at radius 3 is 2.72 bits per heavy atom. The van der Waals surface area contributed by atoms with Gasteiger partial charge in [0.2, 0.25) is 0 Å². The summed E-state index contributed by atoms with van der Waals surface area (Å²) in [6, 6.07) is 15.3. The van der Waals surface area contributed by atoms with Crippen LogP contribution in [-0.4, -0.2) is 24.5 Å². The summed E-state index contributed by atoms with van der Waals surface area (Å²) in [6.45, 7) is 2.24. The summed E-state index contributed by atoms with van der Waals surface area (Å²) in [6.07, 6.45) is 1.69. The fourth-order valence-electron chi connectivity index (χ4n) is 2.87. The highest BCUT2D eigenvalue weighted by atomic mass is 32.1. The van der Waals surface area contributed by atoms with Crippen LogP contribution < -0.4 is 5.56 Å². The van der Waals surface area contributed by atoms with E-state index in [-0.39, 0.29) is 12.1 Å². The lowest BCUT2D eigenvalue weighted by Crippen LogP contribution is -2.24. The third-order valence-electron chi connectivity index (χ3n) is 4.15. The van der Waals surface area contributed by atoms with Crippen LogP contribution in [0.5, 0.6) is 0 Å². The van der Waals surface area contributed by atoms with Gasteiger partial charge in [-0.25, -0.2) is 4.68 Å². The first-order valence-electron chi connectivity index (χ1n) is 7.82. The highest BCUT2D eigenvalue weighted by Crippen LogP contribution is 2.16. The number of nitrogens with one attached hydrogen (secondary N) is 1. The molecule has 2 aromatic heterocycles. The molecule has 0 aliphatic heterocycles. The molecule has 0 saturated heterocycles. The summed E-state index contributed by atoms with van der Waals surface area (Å²) >= 11 is 5.38. The predicted molar refractivity (Wildman–Crippen MR) is 98.6 cm³/mol. The number of hydrogen-bond acceptors (Lipinski definition) is 4. The lowest BCUT2D eigenvalue weighted by Gasteiger charge is -2.10. The Kier molecular flexibility index (Phi) is 3.77. The number of H-pyrrole nitrogens is 1. The minimum absolute atomic E-state index is 0.150. The Balaban J connectivity index is 1.84. The molecule has 2 aromatic carbocycles. The van der Waals surface area contributed by atoms with Crippen LogP contribution in [-0.2, 0) is 6.54 Å². The molecular formula is C18H15N5OS. The van der Waals surface area contributed by atoms with Crippen LogP contribution in [0.3, 0.4) is 0 Å². The van der Waals surface area contributed by atoms with Crippen molar-refractivity contribution < 1.29 is 0 Å². The maximum absolute atomic E-state index is 12.7. The normalized spacial score (nSPS) is 11.1. The highest BCUT2D eigenvalue weighted by molar-refractivity contribution is 7.71. The van der Waals surface area contributed by atoms with Crippen molar-refractivity contribution in [1.29, 1.82) is 0 Å². The smallest absolute Gasteiger partial charge is 0.270 e.